The van der Waals surface area contributed by atoms with Crippen LogP contribution in [0.1, 0.15) is 5.56 Å². The van der Waals surface area contributed by atoms with Crippen LogP contribution in [0.25, 0.3) is 0 Å². The molecule has 0 bridgehead atoms. The summed E-state index contributed by atoms with van der Waals surface area (Å²) in [6, 6.07) is 18.7. The quantitative estimate of drug-likeness (QED) is 0.301. The molecule has 7 nitrogen and oxygen atoms in total. The van der Waals surface area contributed by atoms with Gasteiger partial charge in [0, 0.05) is 17.7 Å². The molecule has 0 aliphatic heterocycles. The molecule has 0 saturated heterocycles. The van der Waals surface area contributed by atoms with Gasteiger partial charge in [-0.1, -0.05) is 48.0 Å². The number of hydrogen-bond donors (Lipinski definition) is 5. The average Bonchev–Trinajstić information content (AvgIpc) is 2.72. The predicted molar refractivity (Wildman–Crippen MR) is 115 cm³/mol. The monoisotopic (exact) mass is 409 g/mol. The molecule has 0 saturated carbocycles. The van der Waals surface area contributed by atoms with Crippen molar-refractivity contribution in [2.75, 3.05) is 5.32 Å². The van der Waals surface area contributed by atoms with Crippen LogP contribution in [0, 0.1) is 0 Å². The second-order valence-corrected chi connectivity index (χ2v) is 6.63. The van der Waals surface area contributed by atoms with Crippen LogP contribution in [0.4, 0.5) is 17.1 Å². The van der Waals surface area contributed by atoms with E-state index < -0.39 is 14.2 Å². The molecule has 29 heavy (non-hydrogen) atoms. The summed E-state index contributed by atoms with van der Waals surface area (Å²) in [6.07, 6.45) is 0. The summed E-state index contributed by atoms with van der Waals surface area (Å²) in [7, 11) is -3.32. The van der Waals surface area contributed by atoms with E-state index in [1.807, 2.05) is 0 Å². The van der Waals surface area contributed by atoms with E-state index >= 15 is 0 Å². The molecule has 0 radical (unpaired) electrons. The summed E-state index contributed by atoms with van der Waals surface area (Å²) in [6.45, 7) is 0.315. The Morgan fingerprint density at radius 3 is 2.14 bits per heavy atom. The van der Waals surface area contributed by atoms with Crippen molar-refractivity contribution in [3.8, 4) is 0 Å². The van der Waals surface area contributed by atoms with Gasteiger partial charge in [0.2, 0.25) is 0 Å². The highest BCUT2D eigenvalue weighted by atomic mass is 35.5. The molecule has 0 aliphatic rings. The van der Waals surface area contributed by atoms with Crippen molar-refractivity contribution < 1.29 is 20.1 Å². The molecular weight excluding hydrogens is 391 g/mol. The number of halogens is 1. The minimum atomic E-state index is -1.75. The van der Waals surface area contributed by atoms with Gasteiger partial charge in [-0.05, 0) is 41.4 Å². The van der Waals surface area contributed by atoms with Crippen LogP contribution in [0.2, 0.25) is 5.02 Å². The number of anilines is 1. The van der Waals surface area contributed by atoms with Crippen molar-refractivity contribution in [1.29, 1.82) is 0 Å². The van der Waals surface area contributed by atoms with Crippen molar-refractivity contribution >= 4 is 53.8 Å². The number of benzene rings is 3. The number of nitrogens with one attached hydrogen (secondary N) is 1. The molecule has 5 N–H and O–H groups in total. The molecule has 10 heteroatoms. The Labute approximate surface area is 173 Å². The van der Waals surface area contributed by atoms with Gasteiger partial charge in [-0.3, -0.25) is 0 Å². The van der Waals surface area contributed by atoms with Gasteiger partial charge in [-0.25, -0.2) is 0 Å². The van der Waals surface area contributed by atoms with E-state index in [9.17, 15) is 20.1 Å². The molecule has 0 atom stereocenters. The lowest BCUT2D eigenvalue weighted by atomic mass is 9.77. The Hall–Kier alpha value is -2.68. The number of azo groups is 1. The van der Waals surface area contributed by atoms with Crippen molar-refractivity contribution in [2.45, 2.75) is 6.54 Å². The Kier molecular flexibility index (Phi) is 7.03. The highest BCUT2D eigenvalue weighted by molar-refractivity contribution is 6.60. The van der Waals surface area contributed by atoms with Gasteiger partial charge < -0.3 is 25.4 Å². The van der Waals surface area contributed by atoms with E-state index in [1.165, 1.54) is 0 Å². The first-order chi connectivity index (χ1) is 14.0. The molecule has 0 fully saturated rings. The van der Waals surface area contributed by atoms with Gasteiger partial charge >= 0.3 is 14.2 Å². The zero-order valence-corrected chi connectivity index (χ0v) is 16.0. The maximum Gasteiger partial charge on any atom is 0.490 e. The Balaban J connectivity index is 1.81. The summed E-state index contributed by atoms with van der Waals surface area (Å²) in [5.41, 5.74) is 2.63. The number of nitrogens with zero attached hydrogens (tertiary/aromatic N) is 2. The molecule has 0 aliphatic carbocycles. The minimum absolute atomic E-state index is 0.168. The summed E-state index contributed by atoms with van der Waals surface area (Å²) >= 11 is 6.05. The fraction of sp³-hybridized carbons (Fsp3) is 0.0526. The molecule has 3 aromatic carbocycles. The van der Waals surface area contributed by atoms with Crippen molar-refractivity contribution in [1.82, 2.24) is 0 Å². The number of hydrogen-bond acceptors (Lipinski definition) is 7. The number of rotatable bonds is 7. The zero-order valence-electron chi connectivity index (χ0n) is 15.3. The second kappa shape index (κ2) is 9.69. The smallest absolute Gasteiger partial charge is 0.423 e. The van der Waals surface area contributed by atoms with Gasteiger partial charge in [0.25, 0.3) is 0 Å². The average molecular weight is 409 g/mol. The van der Waals surface area contributed by atoms with Crippen molar-refractivity contribution in [3.05, 3.63) is 77.3 Å². The molecule has 0 heterocycles. The fourth-order valence-electron chi connectivity index (χ4n) is 2.75. The molecule has 0 spiro atoms. The molecule has 146 valence electrons. The summed E-state index contributed by atoms with van der Waals surface area (Å²) < 4.78 is 0. The van der Waals surface area contributed by atoms with E-state index in [0.717, 1.165) is 0 Å². The van der Waals surface area contributed by atoms with E-state index in [4.69, 9.17) is 11.6 Å². The van der Waals surface area contributed by atoms with Crippen LogP contribution in [-0.2, 0) is 6.54 Å². The Bertz CT molecular complexity index is 1020. The van der Waals surface area contributed by atoms with Crippen LogP contribution in [0.5, 0.6) is 0 Å². The van der Waals surface area contributed by atoms with Crippen molar-refractivity contribution in [2.24, 2.45) is 10.2 Å². The Morgan fingerprint density at radius 1 is 0.759 bits per heavy atom. The third-order valence-corrected chi connectivity index (χ3v) is 4.56. The summed E-state index contributed by atoms with van der Waals surface area (Å²) in [5.74, 6) is 0. The molecule has 0 unspecified atom stereocenters. The van der Waals surface area contributed by atoms with Gasteiger partial charge in [0.15, 0.2) is 0 Å². The molecule has 0 amide bonds. The third-order valence-electron chi connectivity index (χ3n) is 4.24. The van der Waals surface area contributed by atoms with E-state index in [2.05, 4.69) is 15.5 Å². The first kappa shape index (κ1) is 21.0. The molecule has 0 aromatic heterocycles. The lowest BCUT2D eigenvalue weighted by molar-refractivity contribution is 0.424. The largest absolute Gasteiger partial charge is 0.490 e. The maximum atomic E-state index is 9.72. The van der Waals surface area contributed by atoms with Crippen LogP contribution in [0.15, 0.2) is 77.0 Å². The first-order valence-electron chi connectivity index (χ1n) is 8.80. The van der Waals surface area contributed by atoms with Crippen LogP contribution < -0.4 is 16.2 Å². The Morgan fingerprint density at radius 2 is 1.41 bits per heavy atom. The fourth-order valence-corrected chi connectivity index (χ4v) is 2.92. The highest BCUT2D eigenvalue weighted by Crippen LogP contribution is 2.26. The molecular formula is C19H18B2ClN3O4. The molecule has 3 aromatic rings. The summed E-state index contributed by atoms with van der Waals surface area (Å²) in [5, 5.41) is 50.1. The topological polar surface area (TPSA) is 118 Å². The van der Waals surface area contributed by atoms with Crippen LogP contribution >= 0.6 is 11.6 Å². The predicted octanol–water partition coefficient (Wildman–Crippen LogP) is 1.73. The minimum Gasteiger partial charge on any atom is -0.423 e. The van der Waals surface area contributed by atoms with Crippen molar-refractivity contribution in [3.63, 3.8) is 0 Å². The van der Waals surface area contributed by atoms with Crippen LogP contribution in [-0.4, -0.2) is 34.3 Å². The standard InChI is InChI=1S/C19H18B2ClN3O4/c22-17-7-3-4-8-19(17)25-24-18-10-9-14(11-16(18)21(28)29)23-12-13-5-1-2-6-15(13)20(26)27/h1-11,23,26-29H,12H2. The van der Waals surface area contributed by atoms with E-state index in [0.29, 0.717) is 34.0 Å². The van der Waals surface area contributed by atoms with Gasteiger partial charge in [-0.2, -0.15) is 5.11 Å². The normalized spacial score (nSPS) is 10.9. The summed E-state index contributed by atoms with van der Waals surface area (Å²) in [4.78, 5) is 0. The third kappa shape index (κ3) is 5.44. The lowest BCUT2D eigenvalue weighted by Gasteiger charge is -2.13. The van der Waals surface area contributed by atoms with Gasteiger partial charge in [-0.15, -0.1) is 5.11 Å². The maximum absolute atomic E-state index is 9.72. The van der Waals surface area contributed by atoms with Crippen LogP contribution in [0.3, 0.4) is 0 Å². The lowest BCUT2D eigenvalue weighted by Crippen LogP contribution is -2.33. The van der Waals surface area contributed by atoms with Gasteiger partial charge in [0.1, 0.15) is 5.69 Å². The first-order valence-corrected chi connectivity index (χ1v) is 9.17. The van der Waals surface area contributed by atoms with E-state index in [-0.39, 0.29) is 11.2 Å². The van der Waals surface area contributed by atoms with E-state index in [1.54, 1.807) is 66.7 Å². The zero-order chi connectivity index (χ0) is 20.8. The second-order valence-electron chi connectivity index (χ2n) is 6.22. The SMILES string of the molecule is OB(O)c1ccccc1CNc1ccc(N=Nc2ccccc2Cl)c(B(O)O)c1. The van der Waals surface area contributed by atoms with Gasteiger partial charge in [0.05, 0.1) is 10.7 Å². The molecule has 3 rings (SSSR count). The highest BCUT2D eigenvalue weighted by Gasteiger charge is 2.18.